The number of hydrogen-bond acceptors (Lipinski definition) is 5. The summed E-state index contributed by atoms with van der Waals surface area (Å²) in [6, 6.07) is 0. The fraction of sp³-hybridized carbons (Fsp3) is 0.846. The van der Waals surface area contributed by atoms with Crippen LogP contribution in [0.3, 0.4) is 0 Å². The number of carbonyl (C=O) groups excluding carboxylic acids is 2. The average Bonchev–Trinajstić information content (AvgIpc) is 3.02. The molecular weight excluding hydrogens is 548 g/mol. The van der Waals surface area contributed by atoms with Crippen LogP contribution in [0.15, 0.2) is 24.3 Å². The molecule has 0 aliphatic heterocycles. The standard InChI is InChI=1S/C39H72O5/c1-3-5-7-9-11-13-15-16-17-18-19-20-21-22-24-26-28-30-32-34-39(42)44-36-37(40)35-43-38(41)33-31-29-27-25-23-14-12-10-8-6-4-2/h16-17,25,27,37,40H,3-15,18-24,26,28-36H2,1-2H3/b17-16-,27-25-/t37-/m1/s1. The molecule has 5 nitrogen and oxygen atoms in total. The van der Waals surface area contributed by atoms with Gasteiger partial charge < -0.3 is 14.6 Å². The molecule has 0 aromatic carbocycles. The summed E-state index contributed by atoms with van der Waals surface area (Å²) in [4.78, 5) is 23.8. The Bertz CT molecular complexity index is 671. The Hall–Kier alpha value is -1.62. The molecule has 0 aliphatic carbocycles. The van der Waals surface area contributed by atoms with E-state index in [0.29, 0.717) is 12.8 Å². The Morgan fingerprint density at radius 3 is 1.14 bits per heavy atom. The Labute approximate surface area is 273 Å². The van der Waals surface area contributed by atoms with Crippen LogP contribution in [0.5, 0.6) is 0 Å². The number of ether oxygens (including phenoxy) is 2. The molecule has 0 unspecified atom stereocenters. The number of aliphatic hydroxyl groups excluding tert-OH is 1. The van der Waals surface area contributed by atoms with Crippen LogP contribution in [0, 0.1) is 0 Å². The van der Waals surface area contributed by atoms with E-state index < -0.39 is 6.10 Å². The van der Waals surface area contributed by atoms with Gasteiger partial charge in [-0.2, -0.15) is 0 Å². The number of carbonyl (C=O) groups is 2. The Balaban J connectivity index is 3.43. The summed E-state index contributed by atoms with van der Waals surface area (Å²) in [6.45, 7) is 4.26. The molecule has 44 heavy (non-hydrogen) atoms. The number of aliphatic hydroxyl groups is 1. The highest BCUT2D eigenvalue weighted by Crippen LogP contribution is 2.13. The maximum atomic E-state index is 11.9. The highest BCUT2D eigenvalue weighted by molar-refractivity contribution is 5.69. The fourth-order valence-corrected chi connectivity index (χ4v) is 5.26. The van der Waals surface area contributed by atoms with E-state index in [2.05, 4.69) is 38.2 Å². The van der Waals surface area contributed by atoms with Crippen LogP contribution in [-0.4, -0.2) is 36.4 Å². The zero-order chi connectivity index (χ0) is 32.2. The lowest BCUT2D eigenvalue weighted by molar-refractivity contribution is -0.152. The molecule has 5 heteroatoms. The molecule has 0 amide bonds. The van der Waals surface area contributed by atoms with Gasteiger partial charge in [-0.05, 0) is 57.8 Å². The van der Waals surface area contributed by atoms with E-state index in [4.69, 9.17) is 9.47 Å². The van der Waals surface area contributed by atoms with Gasteiger partial charge in [0.25, 0.3) is 0 Å². The number of rotatable bonds is 34. The van der Waals surface area contributed by atoms with E-state index in [1.165, 1.54) is 128 Å². The molecule has 0 radical (unpaired) electrons. The molecule has 0 heterocycles. The highest BCUT2D eigenvalue weighted by atomic mass is 16.6. The van der Waals surface area contributed by atoms with Gasteiger partial charge in [-0.3, -0.25) is 9.59 Å². The first-order valence-electron chi connectivity index (χ1n) is 18.9. The fourth-order valence-electron chi connectivity index (χ4n) is 5.26. The molecule has 0 aromatic heterocycles. The minimum absolute atomic E-state index is 0.123. The lowest BCUT2D eigenvalue weighted by atomic mass is 10.1. The second-order valence-electron chi connectivity index (χ2n) is 12.7. The number of allylic oxidation sites excluding steroid dienone is 4. The lowest BCUT2D eigenvalue weighted by Crippen LogP contribution is -2.25. The monoisotopic (exact) mass is 621 g/mol. The lowest BCUT2D eigenvalue weighted by Gasteiger charge is -2.12. The third-order valence-corrected chi connectivity index (χ3v) is 8.16. The topological polar surface area (TPSA) is 72.8 Å². The van der Waals surface area contributed by atoms with E-state index >= 15 is 0 Å². The van der Waals surface area contributed by atoms with Crippen LogP contribution in [0.25, 0.3) is 0 Å². The molecule has 0 rings (SSSR count). The van der Waals surface area contributed by atoms with Crippen LogP contribution in [-0.2, 0) is 19.1 Å². The molecule has 1 N–H and O–H groups in total. The van der Waals surface area contributed by atoms with Crippen LogP contribution >= 0.6 is 0 Å². The predicted molar refractivity (Wildman–Crippen MR) is 187 cm³/mol. The summed E-state index contributed by atoms with van der Waals surface area (Å²) < 4.78 is 10.3. The van der Waals surface area contributed by atoms with Crippen molar-refractivity contribution in [1.29, 1.82) is 0 Å². The second-order valence-corrected chi connectivity index (χ2v) is 12.7. The number of esters is 2. The average molecular weight is 621 g/mol. The highest BCUT2D eigenvalue weighted by Gasteiger charge is 2.12. The molecule has 0 aromatic rings. The first-order valence-corrected chi connectivity index (χ1v) is 18.9. The van der Waals surface area contributed by atoms with Crippen molar-refractivity contribution >= 4 is 11.9 Å². The molecule has 258 valence electrons. The smallest absolute Gasteiger partial charge is 0.305 e. The van der Waals surface area contributed by atoms with E-state index in [-0.39, 0.29) is 25.2 Å². The summed E-state index contributed by atoms with van der Waals surface area (Å²) in [5.41, 5.74) is 0. The maximum Gasteiger partial charge on any atom is 0.305 e. The van der Waals surface area contributed by atoms with E-state index in [9.17, 15) is 14.7 Å². The van der Waals surface area contributed by atoms with Gasteiger partial charge in [0, 0.05) is 12.8 Å². The maximum absolute atomic E-state index is 11.9. The Kier molecular flexibility index (Phi) is 34.5. The summed E-state index contributed by atoms with van der Waals surface area (Å²) in [7, 11) is 0. The molecule has 0 fully saturated rings. The molecule has 0 bridgehead atoms. The quantitative estimate of drug-likeness (QED) is 0.0440. The van der Waals surface area contributed by atoms with E-state index in [1.54, 1.807) is 0 Å². The van der Waals surface area contributed by atoms with Gasteiger partial charge >= 0.3 is 11.9 Å². The SMILES string of the molecule is CCCCCCCC/C=C\CCCCCCCCCCCC(=O)OC[C@H](O)COC(=O)CCC/C=C\CCCCCCCC. The van der Waals surface area contributed by atoms with Crippen molar-refractivity contribution in [2.45, 2.75) is 200 Å². The van der Waals surface area contributed by atoms with Crippen LogP contribution in [0.4, 0.5) is 0 Å². The van der Waals surface area contributed by atoms with Crippen molar-refractivity contribution in [2.24, 2.45) is 0 Å². The Morgan fingerprint density at radius 1 is 0.455 bits per heavy atom. The predicted octanol–water partition coefficient (Wildman–Crippen LogP) is 11.5. The zero-order valence-electron chi connectivity index (χ0n) is 29.2. The molecule has 0 saturated carbocycles. The van der Waals surface area contributed by atoms with Crippen LogP contribution in [0.2, 0.25) is 0 Å². The second kappa shape index (κ2) is 35.9. The van der Waals surface area contributed by atoms with Gasteiger partial charge in [0.15, 0.2) is 0 Å². The van der Waals surface area contributed by atoms with Crippen LogP contribution in [0.1, 0.15) is 194 Å². The van der Waals surface area contributed by atoms with Crippen molar-refractivity contribution in [3.8, 4) is 0 Å². The van der Waals surface area contributed by atoms with Gasteiger partial charge in [0.2, 0.25) is 0 Å². The van der Waals surface area contributed by atoms with Crippen LogP contribution < -0.4 is 0 Å². The van der Waals surface area contributed by atoms with Crippen molar-refractivity contribution in [1.82, 2.24) is 0 Å². The van der Waals surface area contributed by atoms with Gasteiger partial charge in [-0.25, -0.2) is 0 Å². The molecule has 0 spiro atoms. The van der Waals surface area contributed by atoms with Gasteiger partial charge in [-0.1, -0.05) is 147 Å². The summed E-state index contributed by atoms with van der Waals surface area (Å²) in [6.07, 6.45) is 40.9. The van der Waals surface area contributed by atoms with E-state index in [0.717, 1.165) is 38.5 Å². The first-order chi connectivity index (χ1) is 21.6. The number of unbranched alkanes of at least 4 members (excludes halogenated alkanes) is 22. The van der Waals surface area contributed by atoms with Crippen molar-refractivity contribution < 1.29 is 24.2 Å². The summed E-state index contributed by atoms with van der Waals surface area (Å²) >= 11 is 0. The minimum atomic E-state index is -0.971. The molecular formula is C39H72O5. The van der Waals surface area contributed by atoms with Crippen molar-refractivity contribution in [3.05, 3.63) is 24.3 Å². The largest absolute Gasteiger partial charge is 0.463 e. The van der Waals surface area contributed by atoms with Gasteiger partial charge in [0.05, 0.1) is 0 Å². The molecule has 0 aliphatic rings. The molecule has 0 saturated heterocycles. The third kappa shape index (κ3) is 34.9. The van der Waals surface area contributed by atoms with Crippen molar-refractivity contribution in [2.75, 3.05) is 13.2 Å². The number of hydrogen-bond donors (Lipinski definition) is 1. The zero-order valence-corrected chi connectivity index (χ0v) is 29.2. The molecule has 1 atom stereocenters. The van der Waals surface area contributed by atoms with E-state index in [1.807, 2.05) is 0 Å². The van der Waals surface area contributed by atoms with Gasteiger partial charge in [0.1, 0.15) is 19.3 Å². The summed E-state index contributed by atoms with van der Waals surface area (Å²) in [5, 5.41) is 9.97. The summed E-state index contributed by atoms with van der Waals surface area (Å²) in [5.74, 6) is -0.602. The first kappa shape index (κ1) is 42.4. The third-order valence-electron chi connectivity index (χ3n) is 8.16. The van der Waals surface area contributed by atoms with Crippen molar-refractivity contribution in [3.63, 3.8) is 0 Å². The normalized spacial score (nSPS) is 12.3. The Morgan fingerprint density at radius 2 is 0.750 bits per heavy atom. The minimum Gasteiger partial charge on any atom is -0.463 e. The van der Waals surface area contributed by atoms with Gasteiger partial charge in [-0.15, -0.1) is 0 Å².